The first-order valence-electron chi connectivity index (χ1n) is 42.5. The standard InChI is InChI=1S/C56H38N2.C34H20N2S.C24H16N2.CH3B3NP/c1-2-16-45(17-3-1)58-55-23-9-8-20-53(55)54-38-44(30-37-56(54)58)39-24-31-46(32-25-39)57(47-33-26-42(27-34-47)51-21-10-14-40-12-4-6-18-49(40)51)48-35-28-43(29-36-48)52-22-11-15-41-13-5-7-19-50(41)52;1-3-14-27-24(11-1)25-12-2-4-15-28(25)33-32(27)35-20-30(36-33)22-10-7-9-21(19-22)23-16-8-17-29-26-13-5-6-18-31(26)37-34(23)29;1-3-7-17(8-4-1)19-13-15-25-23-21(19)11-12-22-20(14-16-26-24(22)23)18-9-5-2-6-10-18;2-1-6(3,4)5/h1-38H;1-20H;1-16H;5H,1H2. The van der Waals surface area contributed by atoms with Crippen LogP contribution < -0.4 is 4.90 Å². The number of rotatable bonds is 12. The molecule has 592 valence electrons. The van der Waals surface area contributed by atoms with E-state index in [1.54, 1.807) is 0 Å². The first kappa shape index (κ1) is 78.8. The van der Waals surface area contributed by atoms with Gasteiger partial charge in [0.15, 0.2) is 0 Å². The van der Waals surface area contributed by atoms with E-state index in [1.807, 2.05) is 42.1 Å². The van der Waals surface area contributed by atoms with E-state index in [4.69, 9.17) is 38.1 Å². The van der Waals surface area contributed by atoms with Crippen LogP contribution >= 0.6 is 18.1 Å². The molecule has 7 nitrogen and oxygen atoms in total. The van der Waals surface area contributed by atoms with Crippen LogP contribution in [-0.2, 0) is 0 Å². The molecule has 5 aromatic heterocycles. The smallest absolute Gasteiger partial charge is 0.119 e. The highest BCUT2D eigenvalue weighted by molar-refractivity contribution is 8.07. The van der Waals surface area contributed by atoms with E-state index in [1.165, 1.54) is 147 Å². The third-order valence-corrected chi connectivity index (χ3v) is 25.8. The number of benzene rings is 19. The minimum absolute atomic E-state index is 0.104. The molecule has 6 radical (unpaired) electrons. The molecule has 127 heavy (non-hydrogen) atoms. The molecule has 0 amide bonds. The van der Waals surface area contributed by atoms with Crippen molar-refractivity contribution in [1.29, 1.82) is 5.16 Å². The van der Waals surface area contributed by atoms with Crippen LogP contribution in [0.1, 0.15) is 0 Å². The molecule has 5 heterocycles. The molecular weight excluding hydrogens is 1570 g/mol. The van der Waals surface area contributed by atoms with Crippen LogP contribution in [0.4, 0.5) is 17.1 Å². The molecule has 19 aromatic carbocycles. The van der Waals surface area contributed by atoms with Crippen LogP contribution in [0.2, 0.25) is 0 Å². The van der Waals surface area contributed by atoms with Gasteiger partial charge in [0.1, 0.15) is 15.1 Å². The predicted molar refractivity (Wildman–Crippen MR) is 545 cm³/mol. The lowest BCUT2D eigenvalue weighted by molar-refractivity contribution is 1.18. The largest absolute Gasteiger partial charge is 0.339 e. The second-order valence-corrected chi connectivity index (χ2v) is 35.1. The predicted octanol–water partition coefficient (Wildman–Crippen LogP) is 31.4. The van der Waals surface area contributed by atoms with Crippen molar-refractivity contribution in [3.05, 3.63) is 449 Å². The maximum atomic E-state index is 6.72. The lowest BCUT2D eigenvalue weighted by Crippen LogP contribution is -2.09. The molecule has 24 rings (SSSR count). The fourth-order valence-electron chi connectivity index (χ4n) is 17.9. The number of aromatic nitrogens is 5. The molecule has 0 spiro atoms. The summed E-state index contributed by atoms with van der Waals surface area (Å²) in [6.45, 7) is -2.37. The number of nitrogens with one attached hydrogen (secondary N) is 1. The Kier molecular flexibility index (Phi) is 21.3. The van der Waals surface area contributed by atoms with Crippen LogP contribution in [0.25, 0.3) is 202 Å². The lowest BCUT2D eigenvalue weighted by atomic mass is 9.97. The molecule has 0 saturated carbocycles. The SMILES string of the molecule is [B]CP([B])([B])=N.c1cc(-c2cnc3c4ccccc4c4ccccc4c3n2)cc(-c2cccc3c2sc2ccccc23)c1.c1ccc(-c2ccnc3c2ccc2c(-c4ccccc4)ccnc23)cc1.c1ccc(-n2c3ccccc3c3cc(-c4ccc(N(c5ccc(-c6cccc7ccccc67)cc5)c5ccc(-c6cccc7ccccc67)cc5)cc4)ccc32)cc1. The Hall–Kier alpha value is -15.4. The van der Waals surface area contributed by atoms with E-state index in [9.17, 15) is 0 Å². The zero-order valence-electron chi connectivity index (χ0n) is 69.2. The molecule has 0 bridgehead atoms. The van der Waals surface area contributed by atoms with Crippen molar-refractivity contribution in [2.45, 2.75) is 0 Å². The summed E-state index contributed by atoms with van der Waals surface area (Å²) in [5, 5.41) is 23.8. The van der Waals surface area contributed by atoms with Gasteiger partial charge >= 0.3 is 0 Å². The van der Waals surface area contributed by atoms with Gasteiger partial charge in [0.2, 0.25) is 0 Å². The molecule has 0 atom stereocenters. The number of thiophene rings is 1. The monoisotopic (exact) mass is 1650 g/mol. The fourth-order valence-corrected chi connectivity index (χ4v) is 19.2. The average molecular weight is 1650 g/mol. The van der Waals surface area contributed by atoms with Gasteiger partial charge in [0, 0.05) is 93.2 Å². The van der Waals surface area contributed by atoms with E-state index in [-0.39, 0.29) is 6.06 Å². The summed E-state index contributed by atoms with van der Waals surface area (Å²) in [6, 6.07) is 154. The Balaban J connectivity index is 0.000000121. The summed E-state index contributed by atoms with van der Waals surface area (Å²) in [5.41, 5.74) is 27.1. The second kappa shape index (κ2) is 34.4. The zero-order valence-corrected chi connectivity index (χ0v) is 70.9. The summed E-state index contributed by atoms with van der Waals surface area (Å²) in [4.78, 5) is 21.8. The van der Waals surface area contributed by atoms with Crippen LogP contribution in [-0.4, -0.2) is 53.5 Å². The van der Waals surface area contributed by atoms with Crippen molar-refractivity contribution in [3.8, 4) is 83.7 Å². The second-order valence-electron chi connectivity index (χ2n) is 31.8. The molecule has 12 heteroatoms. The van der Waals surface area contributed by atoms with Gasteiger partial charge < -0.3 is 14.6 Å². The Morgan fingerprint density at radius 3 is 1.24 bits per heavy atom. The van der Waals surface area contributed by atoms with E-state index < -0.39 is 6.81 Å². The normalized spacial score (nSPS) is 11.5. The van der Waals surface area contributed by atoms with Crippen molar-refractivity contribution >= 4 is 176 Å². The molecule has 0 unspecified atom stereocenters. The Morgan fingerprint density at radius 2 is 0.677 bits per heavy atom. The number of hydrogen-bond acceptors (Lipinski definition) is 7. The zero-order chi connectivity index (χ0) is 85.3. The van der Waals surface area contributed by atoms with E-state index in [0.717, 1.165) is 71.9 Å². The number of anilines is 3. The summed E-state index contributed by atoms with van der Waals surface area (Å²) in [6.07, 6.45) is 5.67. The highest BCUT2D eigenvalue weighted by atomic mass is 32.1. The Morgan fingerprint density at radius 1 is 0.283 bits per heavy atom. The van der Waals surface area contributed by atoms with Gasteiger partial charge in [0.05, 0.1) is 52.8 Å². The highest BCUT2D eigenvalue weighted by Gasteiger charge is 2.21. The summed E-state index contributed by atoms with van der Waals surface area (Å²) >= 11 is 1.86. The molecule has 24 aromatic rings. The van der Waals surface area contributed by atoms with Crippen molar-refractivity contribution in [1.82, 2.24) is 24.5 Å². The van der Waals surface area contributed by atoms with Crippen molar-refractivity contribution in [2.24, 2.45) is 0 Å². The molecule has 0 aliphatic carbocycles. The minimum Gasteiger partial charge on any atom is -0.339 e. The average Bonchev–Trinajstić information content (AvgIpc) is 1.55. The summed E-state index contributed by atoms with van der Waals surface area (Å²) in [5.74, 6) is 0. The van der Waals surface area contributed by atoms with Gasteiger partial charge in [-0.1, -0.05) is 346 Å². The van der Waals surface area contributed by atoms with Gasteiger partial charge in [-0.3, -0.25) is 15.0 Å². The molecular formula is C115H77B3N7PS. The lowest BCUT2D eigenvalue weighted by Gasteiger charge is -2.26. The van der Waals surface area contributed by atoms with E-state index >= 15 is 0 Å². The third-order valence-electron chi connectivity index (χ3n) is 24.0. The number of para-hydroxylation sites is 2. The van der Waals surface area contributed by atoms with E-state index in [2.05, 4.69) is 438 Å². The van der Waals surface area contributed by atoms with Crippen LogP contribution in [0.3, 0.4) is 0 Å². The number of nitrogens with zero attached hydrogens (tertiary/aromatic N) is 6. The Bertz CT molecular complexity index is 8050. The fraction of sp³-hybridized carbons (Fsp3) is 0.00870. The molecule has 0 aliphatic rings. The van der Waals surface area contributed by atoms with Crippen LogP contribution in [0.5, 0.6) is 0 Å². The van der Waals surface area contributed by atoms with E-state index in [0.29, 0.717) is 0 Å². The summed E-state index contributed by atoms with van der Waals surface area (Å²) in [7, 11) is 14.8. The first-order chi connectivity index (χ1) is 62.6. The topological polar surface area (TPSA) is 83.6 Å². The maximum Gasteiger partial charge on any atom is 0.119 e. The van der Waals surface area contributed by atoms with Crippen molar-refractivity contribution < 1.29 is 0 Å². The number of fused-ring (bicyclic) bond motifs is 17. The van der Waals surface area contributed by atoms with Crippen LogP contribution in [0, 0.1) is 5.16 Å². The van der Waals surface area contributed by atoms with Gasteiger partial charge in [-0.2, -0.15) is 0 Å². The quantitative estimate of drug-likeness (QED) is 0.0749. The van der Waals surface area contributed by atoms with Crippen molar-refractivity contribution in [2.75, 3.05) is 11.0 Å². The van der Waals surface area contributed by atoms with Gasteiger partial charge in [-0.05, 0) is 190 Å². The van der Waals surface area contributed by atoms with Gasteiger partial charge in [-0.15, -0.1) is 18.1 Å². The highest BCUT2D eigenvalue weighted by Crippen LogP contribution is 2.45. The first-order valence-corrected chi connectivity index (χ1v) is 45.4. The Labute approximate surface area is 744 Å². The molecule has 0 fully saturated rings. The van der Waals surface area contributed by atoms with Gasteiger partial charge in [0.25, 0.3) is 0 Å². The van der Waals surface area contributed by atoms with Crippen LogP contribution in [0.15, 0.2) is 449 Å². The van der Waals surface area contributed by atoms with Crippen molar-refractivity contribution in [3.63, 3.8) is 0 Å². The third kappa shape index (κ3) is 15.5. The molecule has 0 aliphatic heterocycles. The minimum atomic E-state index is -2.37. The number of pyridine rings is 2. The molecule has 1 N–H and O–H groups in total. The molecule has 0 saturated heterocycles. The number of hydrogen-bond donors (Lipinski definition) is 1. The summed E-state index contributed by atoms with van der Waals surface area (Å²) < 4.78 is 5.01. The maximum absolute atomic E-state index is 6.72. The van der Waals surface area contributed by atoms with Gasteiger partial charge in [-0.25, -0.2) is 4.98 Å².